The SMILES string of the molecule is COc1cc(N2CCN(S(=O)(=O)CCCN3CCC(O)C3)CC2)ccc1Nc1nc(NC2CCCCC2)c2[nH]c[nH+]c2n1. The lowest BCUT2D eigenvalue weighted by Crippen LogP contribution is -2.49. The summed E-state index contributed by atoms with van der Waals surface area (Å²) in [4.78, 5) is 20.2. The molecule has 43 heavy (non-hydrogen) atoms. The van der Waals surface area contributed by atoms with Gasteiger partial charge in [-0.25, -0.2) is 13.4 Å². The first-order valence-electron chi connectivity index (χ1n) is 15.5. The van der Waals surface area contributed by atoms with Crippen LogP contribution in [0.3, 0.4) is 0 Å². The van der Waals surface area contributed by atoms with E-state index in [-0.39, 0.29) is 11.9 Å². The van der Waals surface area contributed by atoms with E-state index in [0.29, 0.717) is 69.1 Å². The highest BCUT2D eigenvalue weighted by Crippen LogP contribution is 2.33. The van der Waals surface area contributed by atoms with Crippen LogP contribution in [0.4, 0.5) is 23.1 Å². The number of aromatic amines is 2. The fourth-order valence-corrected chi connectivity index (χ4v) is 7.89. The van der Waals surface area contributed by atoms with Crippen LogP contribution in [-0.2, 0) is 10.0 Å². The lowest BCUT2D eigenvalue weighted by molar-refractivity contribution is -0.347. The van der Waals surface area contributed by atoms with Gasteiger partial charge in [0.05, 0.1) is 24.7 Å². The van der Waals surface area contributed by atoms with Crippen molar-refractivity contribution in [1.82, 2.24) is 24.2 Å². The highest BCUT2D eigenvalue weighted by atomic mass is 32.2. The van der Waals surface area contributed by atoms with Crippen molar-refractivity contribution >= 4 is 44.3 Å². The Morgan fingerprint density at radius 3 is 2.65 bits per heavy atom. The van der Waals surface area contributed by atoms with Crippen LogP contribution in [0.5, 0.6) is 5.75 Å². The summed E-state index contributed by atoms with van der Waals surface area (Å²) < 4.78 is 33.3. The Morgan fingerprint density at radius 2 is 1.91 bits per heavy atom. The van der Waals surface area contributed by atoms with Gasteiger partial charge in [-0.15, -0.1) is 0 Å². The summed E-state index contributed by atoms with van der Waals surface area (Å²) in [6.45, 7) is 4.29. The highest BCUT2D eigenvalue weighted by Gasteiger charge is 2.28. The third-order valence-electron chi connectivity index (χ3n) is 8.83. The van der Waals surface area contributed by atoms with Gasteiger partial charge in [-0.1, -0.05) is 24.2 Å². The molecule has 1 atom stereocenters. The number of nitrogens with zero attached hydrogens (tertiary/aromatic N) is 5. The van der Waals surface area contributed by atoms with Crippen LogP contribution in [0.25, 0.3) is 11.2 Å². The van der Waals surface area contributed by atoms with Crippen LogP contribution in [0.1, 0.15) is 44.9 Å². The number of piperazine rings is 1. The van der Waals surface area contributed by atoms with Crippen LogP contribution < -0.4 is 25.3 Å². The molecule has 0 bridgehead atoms. The molecule has 2 aromatic heterocycles. The molecular formula is C29H44N9O4S+. The molecule has 234 valence electrons. The van der Waals surface area contributed by atoms with E-state index in [4.69, 9.17) is 9.72 Å². The zero-order valence-corrected chi connectivity index (χ0v) is 25.7. The van der Waals surface area contributed by atoms with Gasteiger partial charge in [0.2, 0.25) is 15.5 Å². The molecule has 3 aromatic rings. The number of nitrogens with one attached hydrogen (secondary N) is 4. The maximum absolute atomic E-state index is 13.0. The maximum atomic E-state index is 13.0. The van der Waals surface area contributed by atoms with Crippen LogP contribution >= 0.6 is 0 Å². The maximum Gasteiger partial charge on any atom is 0.307 e. The van der Waals surface area contributed by atoms with E-state index >= 15 is 0 Å². The molecular weight excluding hydrogens is 570 g/mol. The Bertz CT molecular complexity index is 1490. The number of anilines is 4. The molecule has 13 nitrogen and oxygen atoms in total. The molecule has 2 saturated heterocycles. The molecule has 4 heterocycles. The van der Waals surface area contributed by atoms with Gasteiger partial charge in [-0.05, 0) is 44.4 Å². The number of aliphatic hydroxyl groups excluding tert-OH is 1. The Kier molecular flexibility index (Phi) is 9.17. The van der Waals surface area contributed by atoms with E-state index in [0.717, 1.165) is 48.5 Å². The van der Waals surface area contributed by atoms with Crippen molar-refractivity contribution in [3.8, 4) is 5.75 Å². The molecule has 0 spiro atoms. The van der Waals surface area contributed by atoms with Gasteiger partial charge in [0.1, 0.15) is 5.75 Å². The molecule has 1 aliphatic carbocycles. The summed E-state index contributed by atoms with van der Waals surface area (Å²) in [6.07, 6.45) is 8.85. The number of fused-ring (bicyclic) bond motifs is 1. The van der Waals surface area contributed by atoms with E-state index in [2.05, 4.69) is 35.4 Å². The first-order chi connectivity index (χ1) is 20.9. The Morgan fingerprint density at radius 1 is 1.09 bits per heavy atom. The molecule has 1 unspecified atom stereocenters. The van der Waals surface area contributed by atoms with Crippen molar-refractivity contribution < 1.29 is 23.2 Å². The fourth-order valence-electron chi connectivity index (χ4n) is 6.42. The first kappa shape index (κ1) is 29.9. The molecule has 14 heteroatoms. The first-order valence-corrected chi connectivity index (χ1v) is 17.1. The molecule has 0 radical (unpaired) electrons. The average molecular weight is 615 g/mol. The molecule has 1 aromatic carbocycles. The molecule has 6 rings (SSSR count). The summed E-state index contributed by atoms with van der Waals surface area (Å²) in [6, 6.07) is 6.34. The fraction of sp³-hybridized carbons (Fsp3) is 0.621. The second-order valence-electron chi connectivity index (χ2n) is 11.8. The number of imidazole rings is 1. The van der Waals surface area contributed by atoms with Crippen LogP contribution in [0.2, 0.25) is 0 Å². The molecule has 0 amide bonds. The van der Waals surface area contributed by atoms with Crippen molar-refractivity contribution in [2.75, 3.05) is 74.2 Å². The Balaban J connectivity index is 1.07. The van der Waals surface area contributed by atoms with Crippen molar-refractivity contribution in [2.24, 2.45) is 0 Å². The number of aliphatic hydroxyl groups is 1. The number of hydrogen-bond donors (Lipinski definition) is 4. The largest absolute Gasteiger partial charge is 0.494 e. The van der Waals surface area contributed by atoms with Gasteiger partial charge < -0.3 is 30.3 Å². The van der Waals surface area contributed by atoms with Gasteiger partial charge in [0.25, 0.3) is 0 Å². The number of H-pyrrole nitrogens is 2. The molecule has 5 N–H and O–H groups in total. The lowest BCUT2D eigenvalue weighted by Gasteiger charge is -2.35. The van der Waals surface area contributed by atoms with Crippen molar-refractivity contribution in [2.45, 2.75) is 57.1 Å². The topological polar surface area (TPSA) is 153 Å². The van der Waals surface area contributed by atoms with Gasteiger partial charge in [0.15, 0.2) is 12.1 Å². The minimum atomic E-state index is -3.31. The van der Waals surface area contributed by atoms with E-state index in [1.54, 1.807) is 17.7 Å². The quantitative estimate of drug-likeness (QED) is 0.253. The minimum Gasteiger partial charge on any atom is -0.494 e. The summed E-state index contributed by atoms with van der Waals surface area (Å²) in [5.74, 6) is 2.04. The summed E-state index contributed by atoms with van der Waals surface area (Å²) in [7, 11) is -1.68. The molecule has 1 saturated carbocycles. The lowest BCUT2D eigenvalue weighted by atomic mass is 9.95. The number of β-amino-alcohol motifs (C(OH)–C–C–N with tert-alkyl or cyclic N) is 1. The van der Waals surface area contributed by atoms with Gasteiger partial charge >= 0.3 is 11.6 Å². The number of rotatable bonds is 11. The zero-order valence-electron chi connectivity index (χ0n) is 24.9. The van der Waals surface area contributed by atoms with Crippen molar-refractivity contribution in [1.29, 1.82) is 0 Å². The van der Waals surface area contributed by atoms with Crippen LogP contribution in [0.15, 0.2) is 24.5 Å². The number of hydrogen-bond acceptors (Lipinski definition) is 10. The van der Waals surface area contributed by atoms with Gasteiger partial charge in [-0.3, -0.25) is 4.98 Å². The number of likely N-dealkylation sites (tertiary alicyclic amines) is 1. The third-order valence-corrected chi connectivity index (χ3v) is 10.8. The Hall–Kier alpha value is -3.20. The van der Waals surface area contributed by atoms with E-state index < -0.39 is 10.0 Å². The highest BCUT2D eigenvalue weighted by molar-refractivity contribution is 7.89. The van der Waals surface area contributed by atoms with Crippen molar-refractivity contribution in [3.05, 3.63) is 24.5 Å². The zero-order chi connectivity index (χ0) is 29.8. The third kappa shape index (κ3) is 7.14. The smallest absolute Gasteiger partial charge is 0.307 e. The second kappa shape index (κ2) is 13.2. The number of sulfonamides is 1. The van der Waals surface area contributed by atoms with E-state index in [1.807, 2.05) is 18.2 Å². The number of benzene rings is 1. The molecule has 3 aliphatic rings. The second-order valence-corrected chi connectivity index (χ2v) is 13.9. The number of methoxy groups -OCH3 is 1. The van der Waals surface area contributed by atoms with Crippen LogP contribution in [-0.4, -0.2) is 109 Å². The summed E-state index contributed by atoms with van der Waals surface area (Å²) >= 11 is 0. The number of ether oxygens (including phenoxy) is 1. The van der Waals surface area contributed by atoms with E-state index in [1.165, 1.54) is 19.3 Å². The predicted octanol–water partition coefficient (Wildman–Crippen LogP) is 2.18. The molecule has 2 aliphatic heterocycles. The summed E-state index contributed by atoms with van der Waals surface area (Å²) in [5.41, 5.74) is 3.29. The Labute approximate surface area is 253 Å². The monoisotopic (exact) mass is 614 g/mol. The van der Waals surface area contributed by atoms with Crippen molar-refractivity contribution in [3.63, 3.8) is 0 Å². The van der Waals surface area contributed by atoms with Gasteiger partial charge in [0, 0.05) is 57.1 Å². The average Bonchev–Trinajstić information content (AvgIpc) is 3.67. The van der Waals surface area contributed by atoms with E-state index in [9.17, 15) is 13.5 Å². The van der Waals surface area contributed by atoms with Crippen LogP contribution in [0, 0.1) is 0 Å². The summed E-state index contributed by atoms with van der Waals surface area (Å²) in [5, 5.41) is 16.6. The minimum absolute atomic E-state index is 0.139. The predicted molar refractivity (Wildman–Crippen MR) is 166 cm³/mol. The standard InChI is InChI=1S/C29H43N9O4S/c1-42-25-18-22(37-13-15-38(16-14-37)43(40,41)17-5-11-36-12-10-23(39)19-36)8-9-24(25)33-29-34-27-26(30-20-31-27)28(35-29)32-21-6-3-2-4-7-21/h8-9,18,20-21,23,39H,2-7,10-17,19H2,1H3,(H3,30,31,32,33,34,35)/p+1. The number of aromatic nitrogens is 4. The molecule has 3 fully saturated rings. The van der Waals surface area contributed by atoms with Gasteiger partial charge in [-0.2, -0.15) is 9.29 Å². The normalized spacial score (nSPS) is 21.0.